The third-order valence-corrected chi connectivity index (χ3v) is 2.27. The molecule has 3 heteroatoms. The van der Waals surface area contributed by atoms with Gasteiger partial charge in [-0.3, -0.25) is 4.98 Å². The molecule has 0 amide bonds. The van der Waals surface area contributed by atoms with E-state index < -0.39 is 0 Å². The predicted octanol–water partition coefficient (Wildman–Crippen LogP) is 2.67. The second-order valence-electron chi connectivity index (χ2n) is 3.56. The van der Waals surface area contributed by atoms with Gasteiger partial charge in [-0.2, -0.15) is 0 Å². The minimum atomic E-state index is 0.577. The molecular weight excluding hydrogens is 212 g/mol. The van der Waals surface area contributed by atoms with Crippen LogP contribution in [-0.2, 0) is 11.3 Å². The van der Waals surface area contributed by atoms with Gasteiger partial charge in [-0.15, -0.1) is 0 Å². The fraction of sp³-hybridized carbons (Fsp3) is 0.143. The predicted molar refractivity (Wildman–Crippen MR) is 67.9 cm³/mol. The molecule has 0 fully saturated rings. The highest BCUT2D eigenvalue weighted by Crippen LogP contribution is 1.99. The van der Waals surface area contributed by atoms with Crippen LogP contribution >= 0.6 is 0 Å². The number of aromatic nitrogens is 1. The summed E-state index contributed by atoms with van der Waals surface area (Å²) in [6.45, 7) is 0.577. The molecule has 0 unspecified atom stereocenters. The third-order valence-electron chi connectivity index (χ3n) is 2.27. The van der Waals surface area contributed by atoms with Crippen LogP contribution in [0.5, 0.6) is 0 Å². The van der Waals surface area contributed by atoms with Crippen LogP contribution < -0.4 is 0 Å². The summed E-state index contributed by atoms with van der Waals surface area (Å²) >= 11 is 0. The van der Waals surface area contributed by atoms with Crippen LogP contribution in [0, 0.1) is 0 Å². The Hall–Kier alpha value is -2.16. The molecule has 0 spiro atoms. The molecule has 0 aliphatic rings. The molecule has 2 rings (SSSR count). The van der Waals surface area contributed by atoms with Gasteiger partial charge in [0.05, 0.1) is 11.9 Å². The highest BCUT2D eigenvalue weighted by molar-refractivity contribution is 5.76. The maximum atomic E-state index is 5.17. The minimum Gasteiger partial charge on any atom is -0.395 e. The Morgan fingerprint density at radius 1 is 1.06 bits per heavy atom. The number of hydrogen-bond donors (Lipinski definition) is 0. The van der Waals surface area contributed by atoms with E-state index >= 15 is 0 Å². The van der Waals surface area contributed by atoms with E-state index in [1.807, 2.05) is 36.4 Å². The van der Waals surface area contributed by atoms with Crippen molar-refractivity contribution < 1.29 is 4.84 Å². The molecule has 17 heavy (non-hydrogen) atoms. The van der Waals surface area contributed by atoms with Crippen molar-refractivity contribution >= 4 is 6.21 Å². The Kier molecular flexibility index (Phi) is 4.28. The monoisotopic (exact) mass is 226 g/mol. The molecule has 0 N–H and O–H groups in total. The van der Waals surface area contributed by atoms with Gasteiger partial charge in [0, 0.05) is 12.6 Å². The van der Waals surface area contributed by atoms with Gasteiger partial charge in [0.15, 0.2) is 0 Å². The summed E-state index contributed by atoms with van der Waals surface area (Å²) in [6.07, 6.45) is 4.21. The first-order chi connectivity index (χ1) is 8.45. The normalized spacial score (nSPS) is 10.6. The lowest BCUT2D eigenvalue weighted by atomic mass is 10.2. The zero-order valence-electron chi connectivity index (χ0n) is 9.49. The summed E-state index contributed by atoms with van der Waals surface area (Å²) in [5, 5.41) is 3.87. The first kappa shape index (κ1) is 11.3. The maximum Gasteiger partial charge on any atom is 0.121 e. The zero-order valence-corrected chi connectivity index (χ0v) is 9.49. The van der Waals surface area contributed by atoms with Crippen molar-refractivity contribution in [3.05, 3.63) is 66.0 Å². The quantitative estimate of drug-likeness (QED) is 0.446. The summed E-state index contributed by atoms with van der Waals surface area (Å²) < 4.78 is 0. The summed E-state index contributed by atoms with van der Waals surface area (Å²) in [7, 11) is 0. The number of oxime groups is 1. The van der Waals surface area contributed by atoms with Crippen LogP contribution in [0.4, 0.5) is 0 Å². The average molecular weight is 226 g/mol. The molecular formula is C14H14N2O. The second-order valence-corrected chi connectivity index (χ2v) is 3.56. The highest BCUT2D eigenvalue weighted by atomic mass is 16.6. The molecule has 1 heterocycles. The molecule has 86 valence electrons. The Bertz CT molecular complexity index is 454. The molecule has 1 aromatic heterocycles. The van der Waals surface area contributed by atoms with E-state index in [0.717, 1.165) is 12.1 Å². The van der Waals surface area contributed by atoms with Crippen LogP contribution in [0.2, 0.25) is 0 Å². The SMILES string of the molecule is C(=NOCCc1ccccc1)c1ccccn1. The van der Waals surface area contributed by atoms with Crippen molar-refractivity contribution in [1.82, 2.24) is 4.98 Å². The molecule has 0 saturated carbocycles. The number of pyridine rings is 1. The Morgan fingerprint density at radius 3 is 2.65 bits per heavy atom. The number of rotatable bonds is 5. The molecule has 0 radical (unpaired) electrons. The van der Waals surface area contributed by atoms with Crippen molar-refractivity contribution in [3.8, 4) is 0 Å². The van der Waals surface area contributed by atoms with E-state index in [9.17, 15) is 0 Å². The lowest BCUT2D eigenvalue weighted by Crippen LogP contribution is -1.94. The van der Waals surface area contributed by atoms with Crippen molar-refractivity contribution in [3.63, 3.8) is 0 Å². The number of hydrogen-bond acceptors (Lipinski definition) is 3. The van der Waals surface area contributed by atoms with E-state index in [2.05, 4.69) is 22.3 Å². The van der Waals surface area contributed by atoms with Crippen LogP contribution in [0.25, 0.3) is 0 Å². The average Bonchev–Trinajstić information content (AvgIpc) is 2.41. The molecule has 0 atom stereocenters. The Morgan fingerprint density at radius 2 is 1.88 bits per heavy atom. The van der Waals surface area contributed by atoms with Crippen LogP contribution in [-0.4, -0.2) is 17.8 Å². The van der Waals surface area contributed by atoms with E-state index in [0.29, 0.717) is 6.61 Å². The third kappa shape index (κ3) is 4.07. The first-order valence-electron chi connectivity index (χ1n) is 5.55. The number of nitrogens with zero attached hydrogens (tertiary/aromatic N) is 2. The first-order valence-corrected chi connectivity index (χ1v) is 5.55. The van der Waals surface area contributed by atoms with Gasteiger partial charge >= 0.3 is 0 Å². The van der Waals surface area contributed by atoms with Gasteiger partial charge in [0.25, 0.3) is 0 Å². The Balaban J connectivity index is 1.72. The van der Waals surface area contributed by atoms with Crippen molar-refractivity contribution in [2.45, 2.75) is 6.42 Å². The van der Waals surface area contributed by atoms with Crippen LogP contribution in [0.3, 0.4) is 0 Å². The van der Waals surface area contributed by atoms with Gasteiger partial charge in [-0.05, 0) is 17.7 Å². The summed E-state index contributed by atoms with van der Waals surface area (Å²) in [5.41, 5.74) is 2.05. The van der Waals surface area contributed by atoms with E-state index in [1.165, 1.54) is 5.56 Å². The lowest BCUT2D eigenvalue weighted by molar-refractivity contribution is 0.149. The van der Waals surface area contributed by atoms with Gasteiger partial charge in [-0.25, -0.2) is 0 Å². The molecule has 0 aliphatic carbocycles. The van der Waals surface area contributed by atoms with E-state index in [4.69, 9.17) is 4.84 Å². The topological polar surface area (TPSA) is 34.5 Å². The zero-order chi connectivity index (χ0) is 11.8. The fourth-order valence-electron chi connectivity index (χ4n) is 1.40. The maximum absolute atomic E-state index is 5.17. The molecule has 2 aromatic rings. The molecule has 1 aromatic carbocycles. The van der Waals surface area contributed by atoms with Gasteiger partial charge in [0.1, 0.15) is 6.61 Å². The minimum absolute atomic E-state index is 0.577. The van der Waals surface area contributed by atoms with Gasteiger partial charge in [0.2, 0.25) is 0 Å². The van der Waals surface area contributed by atoms with E-state index in [1.54, 1.807) is 12.4 Å². The summed E-state index contributed by atoms with van der Waals surface area (Å²) in [5.74, 6) is 0. The number of benzene rings is 1. The molecule has 0 saturated heterocycles. The van der Waals surface area contributed by atoms with Gasteiger partial charge < -0.3 is 4.84 Å². The summed E-state index contributed by atoms with van der Waals surface area (Å²) in [6, 6.07) is 15.9. The van der Waals surface area contributed by atoms with E-state index in [-0.39, 0.29) is 0 Å². The van der Waals surface area contributed by atoms with Crippen molar-refractivity contribution in [2.75, 3.05) is 6.61 Å². The van der Waals surface area contributed by atoms with Crippen LogP contribution in [0.15, 0.2) is 59.9 Å². The highest BCUT2D eigenvalue weighted by Gasteiger charge is 1.91. The Labute approximate surface area is 101 Å². The molecule has 0 aliphatic heterocycles. The van der Waals surface area contributed by atoms with Crippen molar-refractivity contribution in [1.29, 1.82) is 0 Å². The van der Waals surface area contributed by atoms with Crippen LogP contribution in [0.1, 0.15) is 11.3 Å². The standard InChI is InChI=1S/C14H14N2O/c1-2-6-13(7-3-1)9-11-17-16-12-14-8-4-5-10-15-14/h1-8,10,12H,9,11H2. The van der Waals surface area contributed by atoms with Gasteiger partial charge in [-0.1, -0.05) is 41.6 Å². The lowest BCUT2D eigenvalue weighted by Gasteiger charge is -1.99. The molecule has 0 bridgehead atoms. The fourth-order valence-corrected chi connectivity index (χ4v) is 1.40. The molecule has 3 nitrogen and oxygen atoms in total. The second kappa shape index (κ2) is 6.43. The smallest absolute Gasteiger partial charge is 0.121 e. The van der Waals surface area contributed by atoms with Crippen molar-refractivity contribution in [2.24, 2.45) is 5.16 Å². The largest absolute Gasteiger partial charge is 0.395 e. The summed E-state index contributed by atoms with van der Waals surface area (Å²) in [4.78, 5) is 9.28.